The first-order valence-corrected chi connectivity index (χ1v) is 10.3. The Morgan fingerprint density at radius 1 is 0.935 bits per heavy atom. The van der Waals surface area contributed by atoms with Gasteiger partial charge in [0.05, 0.1) is 10.5 Å². The van der Waals surface area contributed by atoms with E-state index in [1.54, 1.807) is 30.3 Å². The number of halogens is 3. The van der Waals surface area contributed by atoms with Crippen molar-refractivity contribution in [2.45, 2.75) is 0 Å². The van der Waals surface area contributed by atoms with Crippen molar-refractivity contribution in [3.63, 3.8) is 0 Å². The summed E-state index contributed by atoms with van der Waals surface area (Å²) in [5.74, 6) is -0.562. The van der Waals surface area contributed by atoms with Crippen molar-refractivity contribution < 1.29 is 13.9 Å². The number of likely N-dealkylation sites (N-methyl/N-ethyl adjacent to an activating group) is 1. The van der Waals surface area contributed by atoms with Gasteiger partial charge in [0.25, 0.3) is 0 Å². The summed E-state index contributed by atoms with van der Waals surface area (Å²) in [4.78, 5) is 12.5. The van der Waals surface area contributed by atoms with Crippen molar-refractivity contribution in [2.24, 2.45) is 0 Å². The van der Waals surface area contributed by atoms with Crippen LogP contribution in [0.4, 0.5) is 14.6 Å². The van der Waals surface area contributed by atoms with Crippen LogP contribution in [0.2, 0.25) is 5.02 Å². The number of rotatable bonds is 2. The molecule has 2 heterocycles. The first-order valence-electron chi connectivity index (χ1n) is 9.93. The SMILES string of the molecule is CN1CCN(c2nc(O)nc3cc(-c4cccc5ccc(F)c(Cl)c45)c(F)cc23)CC1. The molecule has 0 amide bonds. The third-order valence-electron chi connectivity index (χ3n) is 5.78. The summed E-state index contributed by atoms with van der Waals surface area (Å²) in [7, 11) is 2.04. The molecule has 0 saturated carbocycles. The quantitative estimate of drug-likeness (QED) is 0.483. The summed E-state index contributed by atoms with van der Waals surface area (Å²) < 4.78 is 29.5. The largest absolute Gasteiger partial charge is 0.479 e. The van der Waals surface area contributed by atoms with E-state index in [9.17, 15) is 9.50 Å². The Kier molecular flexibility index (Phi) is 4.87. The zero-order valence-corrected chi connectivity index (χ0v) is 17.5. The van der Waals surface area contributed by atoms with E-state index in [-0.39, 0.29) is 16.6 Å². The minimum atomic E-state index is -0.569. The van der Waals surface area contributed by atoms with E-state index in [2.05, 4.69) is 14.9 Å². The normalized spacial score (nSPS) is 15.2. The molecule has 1 fully saturated rings. The van der Waals surface area contributed by atoms with E-state index in [1.807, 2.05) is 11.9 Å². The fourth-order valence-corrected chi connectivity index (χ4v) is 4.39. The van der Waals surface area contributed by atoms with Gasteiger partial charge in [-0.1, -0.05) is 35.9 Å². The number of hydrogen-bond donors (Lipinski definition) is 1. The first-order chi connectivity index (χ1) is 14.9. The Morgan fingerprint density at radius 3 is 2.48 bits per heavy atom. The van der Waals surface area contributed by atoms with Gasteiger partial charge < -0.3 is 14.9 Å². The highest BCUT2D eigenvalue weighted by Gasteiger charge is 2.22. The van der Waals surface area contributed by atoms with E-state index in [0.717, 1.165) is 13.1 Å². The Balaban J connectivity index is 1.72. The number of hydrogen-bond acceptors (Lipinski definition) is 5. The maximum atomic E-state index is 15.4. The highest BCUT2D eigenvalue weighted by atomic mass is 35.5. The number of fused-ring (bicyclic) bond motifs is 2. The van der Waals surface area contributed by atoms with Gasteiger partial charge in [-0.15, -0.1) is 0 Å². The zero-order valence-electron chi connectivity index (χ0n) is 16.7. The second-order valence-corrected chi connectivity index (χ2v) is 8.13. The van der Waals surface area contributed by atoms with Gasteiger partial charge in [0.2, 0.25) is 0 Å². The number of benzene rings is 3. The lowest BCUT2D eigenvalue weighted by Gasteiger charge is -2.33. The maximum absolute atomic E-state index is 15.4. The monoisotopic (exact) mass is 440 g/mol. The average Bonchev–Trinajstić information content (AvgIpc) is 2.76. The second-order valence-electron chi connectivity index (χ2n) is 7.75. The van der Waals surface area contributed by atoms with Crippen LogP contribution in [0, 0.1) is 11.6 Å². The van der Waals surface area contributed by atoms with Crippen LogP contribution in [0.25, 0.3) is 32.8 Å². The van der Waals surface area contributed by atoms with Crippen LogP contribution in [0.5, 0.6) is 6.01 Å². The predicted molar refractivity (Wildman–Crippen MR) is 119 cm³/mol. The fourth-order valence-electron chi connectivity index (χ4n) is 4.12. The van der Waals surface area contributed by atoms with Crippen LogP contribution < -0.4 is 4.90 Å². The van der Waals surface area contributed by atoms with Crippen molar-refractivity contribution in [2.75, 3.05) is 38.1 Å². The summed E-state index contributed by atoms with van der Waals surface area (Å²) in [6.07, 6.45) is 0. The predicted octanol–water partition coefficient (Wildman–Crippen LogP) is 4.84. The van der Waals surface area contributed by atoms with Crippen molar-refractivity contribution in [1.82, 2.24) is 14.9 Å². The fraction of sp³-hybridized carbons (Fsp3) is 0.217. The molecule has 1 aliphatic heterocycles. The molecule has 0 aliphatic carbocycles. The topological polar surface area (TPSA) is 52.5 Å². The van der Waals surface area contributed by atoms with Gasteiger partial charge in [0.15, 0.2) is 0 Å². The molecule has 1 aromatic heterocycles. The highest BCUT2D eigenvalue weighted by molar-refractivity contribution is 6.36. The smallest absolute Gasteiger partial charge is 0.316 e. The first kappa shape index (κ1) is 19.9. The Morgan fingerprint density at radius 2 is 1.71 bits per heavy atom. The van der Waals surface area contributed by atoms with Crippen molar-refractivity contribution in [3.8, 4) is 17.1 Å². The van der Waals surface area contributed by atoms with Crippen molar-refractivity contribution >= 4 is 39.1 Å². The molecule has 4 aromatic rings. The molecule has 0 unspecified atom stereocenters. The van der Waals surface area contributed by atoms with E-state index in [0.29, 0.717) is 46.1 Å². The van der Waals surface area contributed by atoms with Gasteiger partial charge in [-0.25, -0.2) is 8.78 Å². The molecular formula is C23H19ClF2N4O. The molecule has 3 aromatic carbocycles. The standard InChI is InChI=1S/C23H19ClF2N4O/c1-29-7-9-30(10-8-29)22-16-11-18(26)15(12-19(16)27-23(31)28-22)14-4-2-3-13-5-6-17(25)21(24)20(13)14/h2-6,11-12H,7-10H2,1H3,(H,27,28,31). The number of anilines is 1. The van der Waals surface area contributed by atoms with Crippen LogP contribution in [0.15, 0.2) is 42.5 Å². The minimum Gasteiger partial charge on any atom is -0.479 e. The van der Waals surface area contributed by atoms with Gasteiger partial charge in [-0.05, 0) is 36.2 Å². The third kappa shape index (κ3) is 3.43. The third-order valence-corrected chi connectivity index (χ3v) is 6.15. The van der Waals surface area contributed by atoms with Gasteiger partial charge in [0.1, 0.15) is 17.5 Å². The van der Waals surface area contributed by atoms with Crippen LogP contribution in [0.3, 0.4) is 0 Å². The molecule has 1 N–H and O–H groups in total. The summed E-state index contributed by atoms with van der Waals surface area (Å²) in [5, 5.41) is 11.7. The number of aromatic nitrogens is 2. The molecule has 1 aliphatic rings. The Bertz CT molecular complexity index is 1320. The molecular weight excluding hydrogens is 422 g/mol. The molecule has 1 saturated heterocycles. The maximum Gasteiger partial charge on any atom is 0.316 e. The Labute approximate surface area is 182 Å². The molecule has 8 heteroatoms. The lowest BCUT2D eigenvalue weighted by atomic mass is 9.96. The van der Waals surface area contributed by atoms with Gasteiger partial charge in [0, 0.05) is 42.5 Å². The number of piperazine rings is 1. The zero-order chi connectivity index (χ0) is 21.7. The molecule has 158 valence electrons. The molecule has 5 rings (SSSR count). The van der Waals surface area contributed by atoms with Gasteiger partial charge in [-0.3, -0.25) is 0 Å². The molecule has 0 bridgehead atoms. The Hall–Kier alpha value is -3.03. The average molecular weight is 441 g/mol. The van der Waals surface area contributed by atoms with Gasteiger partial charge in [-0.2, -0.15) is 9.97 Å². The number of aromatic hydroxyl groups is 1. The molecule has 5 nitrogen and oxygen atoms in total. The van der Waals surface area contributed by atoms with E-state index in [4.69, 9.17) is 11.6 Å². The van der Waals surface area contributed by atoms with Crippen LogP contribution in [0.1, 0.15) is 0 Å². The second kappa shape index (κ2) is 7.59. The van der Waals surface area contributed by atoms with E-state index in [1.165, 1.54) is 12.1 Å². The highest BCUT2D eigenvalue weighted by Crippen LogP contribution is 2.38. The van der Waals surface area contributed by atoms with Crippen molar-refractivity contribution in [1.29, 1.82) is 0 Å². The lowest BCUT2D eigenvalue weighted by molar-refractivity contribution is 0.311. The van der Waals surface area contributed by atoms with E-state index >= 15 is 4.39 Å². The minimum absolute atomic E-state index is 0.0590. The summed E-state index contributed by atoms with van der Waals surface area (Å²) in [6.45, 7) is 3.10. The molecule has 0 spiro atoms. The van der Waals surface area contributed by atoms with Crippen LogP contribution >= 0.6 is 11.6 Å². The molecule has 31 heavy (non-hydrogen) atoms. The van der Waals surface area contributed by atoms with Crippen molar-refractivity contribution in [3.05, 3.63) is 59.1 Å². The van der Waals surface area contributed by atoms with Gasteiger partial charge >= 0.3 is 6.01 Å². The lowest BCUT2D eigenvalue weighted by Crippen LogP contribution is -2.44. The summed E-state index contributed by atoms with van der Waals surface area (Å²) >= 11 is 6.24. The van der Waals surface area contributed by atoms with Crippen LogP contribution in [-0.2, 0) is 0 Å². The van der Waals surface area contributed by atoms with E-state index < -0.39 is 11.6 Å². The number of nitrogens with zero attached hydrogens (tertiary/aromatic N) is 4. The summed E-state index contributed by atoms with van der Waals surface area (Å²) in [6, 6.07) is 10.7. The summed E-state index contributed by atoms with van der Waals surface area (Å²) in [5.41, 5.74) is 1.09. The molecule has 0 atom stereocenters. The molecule has 0 radical (unpaired) electrons. The van der Waals surface area contributed by atoms with Crippen LogP contribution in [-0.4, -0.2) is 53.2 Å².